The number of hydrogen-bond donors (Lipinski definition) is 1. The van der Waals surface area contributed by atoms with Crippen LogP contribution >= 0.6 is 11.6 Å². The van der Waals surface area contributed by atoms with Gasteiger partial charge in [-0.1, -0.05) is 36.6 Å². The molecule has 0 bridgehead atoms. The van der Waals surface area contributed by atoms with Gasteiger partial charge in [-0.2, -0.15) is 0 Å². The van der Waals surface area contributed by atoms with Crippen molar-refractivity contribution >= 4 is 17.5 Å². The maximum Gasteiger partial charge on any atom is 0.287 e. The smallest absolute Gasteiger partial charge is 0.287 e. The molecule has 122 valence electrons. The van der Waals surface area contributed by atoms with Gasteiger partial charge in [0.25, 0.3) is 5.91 Å². The normalized spacial score (nSPS) is 14.9. The number of furan rings is 1. The molecule has 4 nitrogen and oxygen atoms in total. The third-order valence-electron chi connectivity index (χ3n) is 4.10. The van der Waals surface area contributed by atoms with E-state index in [-0.39, 0.29) is 18.6 Å². The Morgan fingerprint density at radius 3 is 2.83 bits per heavy atom. The van der Waals surface area contributed by atoms with E-state index in [4.69, 9.17) is 20.8 Å². The highest BCUT2D eigenvalue weighted by molar-refractivity contribution is 6.32. The number of benzene rings is 1. The quantitative estimate of drug-likeness (QED) is 0.876. The Morgan fingerprint density at radius 1 is 1.30 bits per heavy atom. The molecule has 0 aliphatic heterocycles. The molecule has 5 heteroatoms. The third-order valence-corrected chi connectivity index (χ3v) is 4.40. The zero-order valence-electron chi connectivity index (χ0n) is 13.1. The summed E-state index contributed by atoms with van der Waals surface area (Å²) in [6, 6.07) is 9.32. The second kappa shape index (κ2) is 7.09. The van der Waals surface area contributed by atoms with Crippen molar-refractivity contribution in [2.24, 2.45) is 0 Å². The van der Waals surface area contributed by atoms with E-state index in [1.165, 1.54) is 12.8 Å². The van der Waals surface area contributed by atoms with E-state index in [1.807, 2.05) is 19.1 Å². The second-order valence-electron chi connectivity index (χ2n) is 5.90. The molecule has 1 N–H and O–H groups in total. The fourth-order valence-electron chi connectivity index (χ4n) is 2.85. The molecule has 0 unspecified atom stereocenters. The van der Waals surface area contributed by atoms with E-state index in [2.05, 4.69) is 5.32 Å². The van der Waals surface area contributed by atoms with Gasteiger partial charge < -0.3 is 14.5 Å². The van der Waals surface area contributed by atoms with Crippen LogP contribution < -0.4 is 10.1 Å². The van der Waals surface area contributed by atoms with Gasteiger partial charge in [-0.25, -0.2) is 0 Å². The van der Waals surface area contributed by atoms with Crippen LogP contribution in [0.1, 0.15) is 47.6 Å². The van der Waals surface area contributed by atoms with Crippen molar-refractivity contribution in [2.45, 2.75) is 45.3 Å². The van der Waals surface area contributed by atoms with Gasteiger partial charge in [0.15, 0.2) is 5.76 Å². The van der Waals surface area contributed by atoms with Crippen molar-refractivity contribution in [1.82, 2.24) is 5.32 Å². The highest BCUT2D eigenvalue weighted by Gasteiger charge is 2.20. The Morgan fingerprint density at radius 2 is 2.09 bits per heavy atom. The SMILES string of the molecule is Cc1cccc(Cl)c1OCc1ccc(C(=O)NC2CCCC2)o1. The molecule has 1 aromatic carbocycles. The number of carbonyl (C=O) groups is 1. The van der Waals surface area contributed by atoms with Crippen molar-refractivity contribution in [1.29, 1.82) is 0 Å². The zero-order chi connectivity index (χ0) is 16.2. The Bertz CT molecular complexity index is 669. The van der Waals surface area contributed by atoms with Crippen molar-refractivity contribution in [2.75, 3.05) is 0 Å². The lowest BCUT2D eigenvalue weighted by Gasteiger charge is -2.10. The maximum absolute atomic E-state index is 12.1. The minimum Gasteiger partial charge on any atom is -0.484 e. The lowest BCUT2D eigenvalue weighted by Crippen LogP contribution is -2.32. The number of para-hydroxylation sites is 1. The third kappa shape index (κ3) is 3.88. The summed E-state index contributed by atoms with van der Waals surface area (Å²) in [7, 11) is 0. The Hall–Kier alpha value is -1.94. The molecule has 1 aliphatic carbocycles. The van der Waals surface area contributed by atoms with E-state index >= 15 is 0 Å². The first-order chi connectivity index (χ1) is 11.1. The summed E-state index contributed by atoms with van der Waals surface area (Å²) in [6.45, 7) is 2.17. The van der Waals surface area contributed by atoms with Crippen LogP contribution in [0.25, 0.3) is 0 Å². The number of halogens is 1. The van der Waals surface area contributed by atoms with Gasteiger partial charge in [-0.05, 0) is 43.5 Å². The molecule has 0 saturated heterocycles. The first-order valence-corrected chi connectivity index (χ1v) is 8.29. The molecule has 1 saturated carbocycles. The van der Waals surface area contributed by atoms with Gasteiger partial charge in [0, 0.05) is 6.04 Å². The predicted molar refractivity (Wildman–Crippen MR) is 89.0 cm³/mol. The van der Waals surface area contributed by atoms with Crippen LogP contribution in [0.3, 0.4) is 0 Å². The Labute approximate surface area is 140 Å². The monoisotopic (exact) mass is 333 g/mol. The van der Waals surface area contributed by atoms with E-state index in [0.717, 1.165) is 18.4 Å². The van der Waals surface area contributed by atoms with Crippen molar-refractivity contribution in [3.05, 3.63) is 52.4 Å². The van der Waals surface area contributed by atoms with Gasteiger partial charge in [-0.15, -0.1) is 0 Å². The van der Waals surface area contributed by atoms with E-state index < -0.39 is 0 Å². The number of aryl methyl sites for hydroxylation is 1. The summed E-state index contributed by atoms with van der Waals surface area (Å²) in [6.07, 6.45) is 4.46. The molecule has 0 spiro atoms. The lowest BCUT2D eigenvalue weighted by molar-refractivity contribution is 0.0905. The van der Waals surface area contributed by atoms with Crippen molar-refractivity contribution < 1.29 is 13.9 Å². The largest absolute Gasteiger partial charge is 0.484 e. The van der Waals surface area contributed by atoms with Crippen molar-refractivity contribution in [3.63, 3.8) is 0 Å². The first-order valence-electron chi connectivity index (χ1n) is 7.91. The molecule has 1 fully saturated rings. The molecule has 1 aliphatic rings. The van der Waals surface area contributed by atoms with Gasteiger partial charge in [0.2, 0.25) is 0 Å². The second-order valence-corrected chi connectivity index (χ2v) is 6.30. The molecule has 0 radical (unpaired) electrons. The van der Waals surface area contributed by atoms with E-state index in [1.54, 1.807) is 18.2 Å². The van der Waals surface area contributed by atoms with Gasteiger partial charge in [0.1, 0.15) is 18.1 Å². The first kappa shape index (κ1) is 15.9. The van der Waals surface area contributed by atoms with E-state index in [0.29, 0.717) is 22.3 Å². The van der Waals surface area contributed by atoms with Crippen molar-refractivity contribution in [3.8, 4) is 5.75 Å². The summed E-state index contributed by atoms with van der Waals surface area (Å²) in [5, 5.41) is 3.57. The summed E-state index contributed by atoms with van der Waals surface area (Å²) in [5.74, 6) is 1.41. The van der Waals surface area contributed by atoms with Gasteiger partial charge >= 0.3 is 0 Å². The van der Waals surface area contributed by atoms with Crippen LogP contribution in [0.4, 0.5) is 0 Å². The minimum absolute atomic E-state index is 0.155. The summed E-state index contributed by atoms with van der Waals surface area (Å²) >= 11 is 6.13. The van der Waals surface area contributed by atoms with Gasteiger partial charge in [0.05, 0.1) is 5.02 Å². The van der Waals surface area contributed by atoms with E-state index in [9.17, 15) is 4.79 Å². The summed E-state index contributed by atoms with van der Waals surface area (Å²) < 4.78 is 11.3. The highest BCUT2D eigenvalue weighted by Crippen LogP contribution is 2.28. The molecular formula is C18H20ClNO3. The molecule has 1 heterocycles. The average Bonchev–Trinajstić information content (AvgIpc) is 3.18. The molecule has 2 aromatic rings. The predicted octanol–water partition coefficient (Wildman–Crippen LogP) is 4.49. The van der Waals surface area contributed by atoms with Crippen LogP contribution in [0.15, 0.2) is 34.7 Å². The Balaban J connectivity index is 1.59. The highest BCUT2D eigenvalue weighted by atomic mass is 35.5. The number of ether oxygens (including phenoxy) is 1. The fourth-order valence-corrected chi connectivity index (χ4v) is 3.12. The van der Waals surface area contributed by atoms with Crippen LogP contribution in [0.2, 0.25) is 5.02 Å². The zero-order valence-corrected chi connectivity index (χ0v) is 13.9. The number of carbonyl (C=O) groups excluding carboxylic acids is 1. The van der Waals surface area contributed by atoms with Crippen LogP contribution in [0, 0.1) is 6.92 Å². The Kier molecular flexibility index (Phi) is 4.91. The number of hydrogen-bond acceptors (Lipinski definition) is 3. The molecule has 3 rings (SSSR count). The summed E-state index contributed by atoms with van der Waals surface area (Å²) in [5.41, 5.74) is 0.961. The molecular weight excluding hydrogens is 314 g/mol. The fraction of sp³-hybridized carbons (Fsp3) is 0.389. The topological polar surface area (TPSA) is 51.5 Å². The average molecular weight is 334 g/mol. The minimum atomic E-state index is -0.155. The van der Waals surface area contributed by atoms with Crippen LogP contribution in [-0.4, -0.2) is 11.9 Å². The summed E-state index contributed by atoms with van der Waals surface area (Å²) in [4.78, 5) is 12.1. The van der Waals surface area contributed by atoms with Crippen LogP contribution in [-0.2, 0) is 6.61 Å². The maximum atomic E-state index is 12.1. The number of nitrogens with one attached hydrogen (secondary N) is 1. The molecule has 1 aromatic heterocycles. The number of rotatable bonds is 5. The number of amides is 1. The standard InChI is InChI=1S/C18H20ClNO3/c1-12-5-4-8-15(19)17(12)22-11-14-9-10-16(23-14)18(21)20-13-6-2-3-7-13/h4-5,8-10,13H,2-3,6-7,11H2,1H3,(H,20,21). The lowest BCUT2D eigenvalue weighted by atomic mass is 10.2. The van der Waals surface area contributed by atoms with Crippen LogP contribution in [0.5, 0.6) is 5.75 Å². The molecule has 0 atom stereocenters. The molecule has 23 heavy (non-hydrogen) atoms. The molecule has 1 amide bonds. The van der Waals surface area contributed by atoms with Gasteiger partial charge in [-0.3, -0.25) is 4.79 Å².